The zero-order chi connectivity index (χ0) is 19.1. The smallest absolute Gasteiger partial charge is 0.341 e. The molecule has 0 amide bonds. The lowest BCUT2D eigenvalue weighted by molar-refractivity contribution is -0.139. The number of ether oxygens (including phenoxy) is 2. The van der Waals surface area contributed by atoms with Gasteiger partial charge in [0.15, 0.2) is 6.61 Å². The van der Waals surface area contributed by atoms with Gasteiger partial charge in [0.1, 0.15) is 12.4 Å². The molecule has 0 fully saturated rings. The molecule has 5 heteroatoms. The van der Waals surface area contributed by atoms with E-state index >= 15 is 0 Å². The highest BCUT2D eigenvalue weighted by Gasteiger charge is 2.09. The van der Waals surface area contributed by atoms with Crippen molar-refractivity contribution < 1.29 is 24.2 Å². The maximum absolute atomic E-state index is 12.3. The van der Waals surface area contributed by atoms with Gasteiger partial charge in [-0.1, -0.05) is 54.6 Å². The van der Waals surface area contributed by atoms with Crippen molar-refractivity contribution in [2.45, 2.75) is 6.61 Å². The Labute approximate surface area is 156 Å². The quantitative estimate of drug-likeness (QED) is 0.639. The second kappa shape index (κ2) is 8.67. The molecule has 3 aromatic rings. The average Bonchev–Trinajstić information content (AvgIpc) is 2.71. The first kappa shape index (κ1) is 18.2. The molecule has 136 valence electrons. The van der Waals surface area contributed by atoms with Crippen LogP contribution in [-0.4, -0.2) is 23.7 Å². The molecule has 5 nitrogen and oxygen atoms in total. The number of aliphatic carboxylic acids is 1. The SMILES string of the molecule is O=C(O)COc1ccc(-c2cccc(C(=O)OCc3ccccc3)c2)cc1. The summed E-state index contributed by atoms with van der Waals surface area (Å²) >= 11 is 0. The summed E-state index contributed by atoms with van der Waals surface area (Å²) in [6.07, 6.45) is 0. The minimum atomic E-state index is -1.03. The fourth-order valence-electron chi connectivity index (χ4n) is 2.52. The molecule has 0 bridgehead atoms. The number of hydrogen-bond acceptors (Lipinski definition) is 4. The number of carboxylic acid groups (broad SMARTS) is 1. The van der Waals surface area contributed by atoms with E-state index in [1.807, 2.05) is 48.5 Å². The minimum Gasteiger partial charge on any atom is -0.482 e. The summed E-state index contributed by atoms with van der Waals surface area (Å²) in [5.41, 5.74) is 3.14. The number of esters is 1. The van der Waals surface area contributed by atoms with E-state index in [4.69, 9.17) is 14.6 Å². The van der Waals surface area contributed by atoms with Crippen LogP contribution >= 0.6 is 0 Å². The van der Waals surface area contributed by atoms with Crippen molar-refractivity contribution in [3.05, 3.63) is 90.0 Å². The molecule has 0 aromatic heterocycles. The lowest BCUT2D eigenvalue weighted by Crippen LogP contribution is -2.09. The lowest BCUT2D eigenvalue weighted by atomic mass is 10.0. The van der Waals surface area contributed by atoms with E-state index in [0.29, 0.717) is 11.3 Å². The molecule has 0 heterocycles. The highest BCUT2D eigenvalue weighted by molar-refractivity contribution is 5.91. The molecule has 0 saturated carbocycles. The van der Waals surface area contributed by atoms with Gasteiger partial charge in [-0.15, -0.1) is 0 Å². The summed E-state index contributed by atoms with van der Waals surface area (Å²) in [5.74, 6) is -0.942. The van der Waals surface area contributed by atoms with Gasteiger partial charge in [-0.05, 0) is 41.0 Å². The van der Waals surface area contributed by atoms with Crippen molar-refractivity contribution in [3.8, 4) is 16.9 Å². The van der Waals surface area contributed by atoms with Gasteiger partial charge < -0.3 is 14.6 Å². The van der Waals surface area contributed by atoms with Crippen molar-refractivity contribution in [3.63, 3.8) is 0 Å². The Balaban J connectivity index is 1.67. The summed E-state index contributed by atoms with van der Waals surface area (Å²) in [6, 6.07) is 23.7. The molecule has 3 rings (SSSR count). The van der Waals surface area contributed by atoms with Gasteiger partial charge in [0.2, 0.25) is 0 Å². The Morgan fingerprint density at radius 3 is 2.26 bits per heavy atom. The van der Waals surface area contributed by atoms with Crippen LogP contribution in [0.1, 0.15) is 15.9 Å². The second-order valence-electron chi connectivity index (χ2n) is 5.85. The lowest BCUT2D eigenvalue weighted by Gasteiger charge is -2.08. The van der Waals surface area contributed by atoms with Gasteiger partial charge >= 0.3 is 11.9 Å². The summed E-state index contributed by atoms with van der Waals surface area (Å²) in [7, 11) is 0. The normalized spacial score (nSPS) is 10.2. The van der Waals surface area contributed by atoms with E-state index < -0.39 is 5.97 Å². The maximum atomic E-state index is 12.3. The van der Waals surface area contributed by atoms with E-state index in [2.05, 4.69) is 0 Å². The highest BCUT2D eigenvalue weighted by atomic mass is 16.5. The van der Waals surface area contributed by atoms with Gasteiger partial charge in [-0.2, -0.15) is 0 Å². The predicted molar refractivity (Wildman–Crippen MR) is 101 cm³/mol. The van der Waals surface area contributed by atoms with Crippen LogP contribution in [0.2, 0.25) is 0 Å². The summed E-state index contributed by atoms with van der Waals surface area (Å²) in [5, 5.41) is 8.64. The van der Waals surface area contributed by atoms with Crippen LogP contribution in [0.5, 0.6) is 5.75 Å². The molecule has 0 aliphatic rings. The Bertz CT molecular complexity index is 917. The standard InChI is InChI=1S/C22H18O5/c23-21(24)15-26-20-11-9-17(10-12-20)18-7-4-8-19(13-18)22(25)27-14-16-5-2-1-3-6-16/h1-13H,14-15H2,(H,23,24). The Morgan fingerprint density at radius 2 is 1.56 bits per heavy atom. The Hall–Kier alpha value is -3.60. The van der Waals surface area contributed by atoms with Gasteiger partial charge in [-0.3, -0.25) is 0 Å². The molecule has 27 heavy (non-hydrogen) atoms. The van der Waals surface area contributed by atoms with Crippen molar-refractivity contribution in [1.29, 1.82) is 0 Å². The largest absolute Gasteiger partial charge is 0.482 e. The third kappa shape index (κ3) is 5.19. The van der Waals surface area contributed by atoms with E-state index in [1.54, 1.807) is 30.3 Å². The van der Waals surface area contributed by atoms with Crippen LogP contribution in [0.15, 0.2) is 78.9 Å². The molecule has 0 aliphatic heterocycles. The number of carboxylic acids is 1. The summed E-state index contributed by atoms with van der Waals surface area (Å²) in [4.78, 5) is 22.8. The number of carbonyl (C=O) groups is 2. The second-order valence-corrected chi connectivity index (χ2v) is 5.85. The molecule has 0 spiro atoms. The third-order valence-electron chi connectivity index (χ3n) is 3.86. The average molecular weight is 362 g/mol. The van der Waals surface area contributed by atoms with Crippen molar-refractivity contribution in [2.75, 3.05) is 6.61 Å². The van der Waals surface area contributed by atoms with Crippen LogP contribution in [0.3, 0.4) is 0 Å². The monoisotopic (exact) mass is 362 g/mol. The molecule has 0 saturated heterocycles. The third-order valence-corrected chi connectivity index (χ3v) is 3.86. The fraction of sp³-hybridized carbons (Fsp3) is 0.0909. The van der Waals surface area contributed by atoms with Crippen molar-refractivity contribution in [2.24, 2.45) is 0 Å². The van der Waals surface area contributed by atoms with Crippen LogP contribution in [0.25, 0.3) is 11.1 Å². The fourth-order valence-corrected chi connectivity index (χ4v) is 2.52. The zero-order valence-corrected chi connectivity index (χ0v) is 14.5. The van der Waals surface area contributed by atoms with Crippen LogP contribution in [0, 0.1) is 0 Å². The predicted octanol–water partition coefficient (Wildman–Crippen LogP) is 4.17. The van der Waals surface area contributed by atoms with Gasteiger partial charge in [0.05, 0.1) is 5.56 Å². The first-order valence-corrected chi connectivity index (χ1v) is 8.38. The van der Waals surface area contributed by atoms with Gasteiger partial charge in [0, 0.05) is 0 Å². The highest BCUT2D eigenvalue weighted by Crippen LogP contribution is 2.23. The molecular weight excluding hydrogens is 344 g/mol. The van der Waals surface area contributed by atoms with Gasteiger partial charge in [0.25, 0.3) is 0 Å². The summed E-state index contributed by atoms with van der Waals surface area (Å²) in [6.45, 7) is -0.165. The first-order chi connectivity index (χ1) is 13.1. The van der Waals surface area contributed by atoms with Crippen LogP contribution in [-0.2, 0) is 16.1 Å². The molecule has 3 aromatic carbocycles. The topological polar surface area (TPSA) is 72.8 Å². The Kier molecular flexibility index (Phi) is 5.84. The minimum absolute atomic E-state index is 0.222. The molecular formula is C22H18O5. The Morgan fingerprint density at radius 1 is 0.815 bits per heavy atom. The van der Waals surface area contributed by atoms with Gasteiger partial charge in [-0.25, -0.2) is 9.59 Å². The van der Waals surface area contributed by atoms with E-state index in [1.165, 1.54) is 0 Å². The van der Waals surface area contributed by atoms with E-state index in [0.717, 1.165) is 16.7 Å². The number of benzene rings is 3. The molecule has 0 unspecified atom stereocenters. The number of rotatable bonds is 7. The number of carbonyl (C=O) groups excluding carboxylic acids is 1. The molecule has 1 N–H and O–H groups in total. The molecule has 0 atom stereocenters. The first-order valence-electron chi connectivity index (χ1n) is 8.38. The van der Waals surface area contributed by atoms with Crippen molar-refractivity contribution in [1.82, 2.24) is 0 Å². The van der Waals surface area contributed by atoms with Crippen LogP contribution < -0.4 is 4.74 Å². The van der Waals surface area contributed by atoms with Crippen molar-refractivity contribution >= 4 is 11.9 Å². The van der Waals surface area contributed by atoms with E-state index in [-0.39, 0.29) is 19.2 Å². The molecule has 0 aliphatic carbocycles. The zero-order valence-electron chi connectivity index (χ0n) is 14.5. The van der Waals surface area contributed by atoms with E-state index in [9.17, 15) is 9.59 Å². The maximum Gasteiger partial charge on any atom is 0.341 e. The van der Waals surface area contributed by atoms with Crippen LogP contribution in [0.4, 0.5) is 0 Å². The number of hydrogen-bond donors (Lipinski definition) is 1. The summed E-state index contributed by atoms with van der Waals surface area (Å²) < 4.78 is 10.5. The molecule has 0 radical (unpaired) electrons.